The average molecular weight is 278 g/mol. The second-order valence-electron chi connectivity index (χ2n) is 4.95. The minimum Gasteiger partial charge on any atom is -0.480 e. The number of carbonyl (C=O) groups excluding carboxylic acids is 1. The lowest BCUT2D eigenvalue weighted by Gasteiger charge is -2.38. The molecule has 1 aromatic rings. The third-order valence-corrected chi connectivity index (χ3v) is 3.63. The number of nitro groups is 1. The number of hydrogen-bond donors (Lipinski definition) is 2. The number of nitrogens with one attached hydrogen (secondary N) is 1. The second-order valence-corrected chi connectivity index (χ2v) is 4.95. The molecule has 0 unspecified atom stereocenters. The van der Waals surface area contributed by atoms with Crippen LogP contribution in [0.1, 0.15) is 35.2 Å². The standard InChI is InChI=1S/C13H14N2O5/c1-8-7-9(15(19)20)3-4-10(8)11(16)14-13(12(17)18)5-2-6-13/h3-4,7H,2,5-6H2,1H3,(H,14,16)(H,17,18). The maximum absolute atomic E-state index is 12.1. The molecule has 0 aromatic heterocycles. The fourth-order valence-electron chi connectivity index (χ4n) is 2.22. The Balaban J connectivity index is 2.22. The van der Waals surface area contributed by atoms with Gasteiger partial charge in [0, 0.05) is 17.7 Å². The molecule has 106 valence electrons. The van der Waals surface area contributed by atoms with Crippen molar-refractivity contribution in [3.8, 4) is 0 Å². The number of nitro benzene ring substituents is 1. The second kappa shape index (κ2) is 4.92. The van der Waals surface area contributed by atoms with Crippen molar-refractivity contribution in [2.75, 3.05) is 0 Å². The molecule has 2 rings (SSSR count). The minimum absolute atomic E-state index is 0.101. The van der Waals surface area contributed by atoms with E-state index in [9.17, 15) is 19.7 Å². The Hall–Kier alpha value is -2.44. The molecule has 1 amide bonds. The quantitative estimate of drug-likeness (QED) is 0.642. The van der Waals surface area contributed by atoms with Gasteiger partial charge in [-0.1, -0.05) is 0 Å². The van der Waals surface area contributed by atoms with Crippen LogP contribution in [0.5, 0.6) is 0 Å². The molecule has 7 heteroatoms. The van der Waals surface area contributed by atoms with Gasteiger partial charge in [-0.3, -0.25) is 14.9 Å². The van der Waals surface area contributed by atoms with Gasteiger partial charge in [0.25, 0.3) is 11.6 Å². The van der Waals surface area contributed by atoms with Crippen LogP contribution in [-0.4, -0.2) is 27.4 Å². The van der Waals surface area contributed by atoms with Crippen molar-refractivity contribution in [1.82, 2.24) is 5.32 Å². The number of hydrogen-bond acceptors (Lipinski definition) is 4. The predicted molar refractivity (Wildman–Crippen MR) is 69.5 cm³/mol. The Morgan fingerprint density at radius 1 is 1.40 bits per heavy atom. The van der Waals surface area contributed by atoms with Gasteiger partial charge < -0.3 is 10.4 Å². The van der Waals surface area contributed by atoms with Crippen molar-refractivity contribution in [2.24, 2.45) is 0 Å². The van der Waals surface area contributed by atoms with Gasteiger partial charge in [0.2, 0.25) is 0 Å². The van der Waals surface area contributed by atoms with E-state index in [0.29, 0.717) is 18.4 Å². The van der Waals surface area contributed by atoms with Crippen LogP contribution < -0.4 is 5.32 Å². The van der Waals surface area contributed by atoms with Crippen LogP contribution in [0.4, 0.5) is 5.69 Å². The lowest BCUT2D eigenvalue weighted by Crippen LogP contribution is -2.59. The van der Waals surface area contributed by atoms with Crippen molar-refractivity contribution in [1.29, 1.82) is 0 Å². The van der Waals surface area contributed by atoms with E-state index in [-0.39, 0.29) is 11.3 Å². The minimum atomic E-state index is -1.19. The molecular weight excluding hydrogens is 264 g/mol. The van der Waals surface area contributed by atoms with E-state index in [0.717, 1.165) is 6.42 Å². The summed E-state index contributed by atoms with van der Waals surface area (Å²) in [5, 5.41) is 22.3. The van der Waals surface area contributed by atoms with Crippen LogP contribution in [0.25, 0.3) is 0 Å². The largest absolute Gasteiger partial charge is 0.480 e. The van der Waals surface area contributed by atoms with Gasteiger partial charge in [-0.05, 0) is 37.8 Å². The number of carboxylic acid groups (broad SMARTS) is 1. The lowest BCUT2D eigenvalue weighted by atomic mass is 9.76. The number of amides is 1. The normalized spacial score (nSPS) is 16.1. The third-order valence-electron chi connectivity index (χ3n) is 3.63. The maximum atomic E-state index is 12.1. The SMILES string of the molecule is Cc1cc([N+](=O)[O-])ccc1C(=O)NC1(C(=O)O)CCC1. The predicted octanol–water partition coefficient (Wildman–Crippen LogP) is 1.64. The van der Waals surface area contributed by atoms with Crippen LogP contribution in [0.2, 0.25) is 0 Å². The molecule has 0 heterocycles. The molecule has 0 saturated heterocycles. The molecule has 1 aliphatic rings. The highest BCUT2D eigenvalue weighted by Gasteiger charge is 2.45. The van der Waals surface area contributed by atoms with Crippen LogP contribution in [0.3, 0.4) is 0 Å². The average Bonchev–Trinajstić information content (AvgIpc) is 2.32. The molecular formula is C13H14N2O5. The van der Waals surface area contributed by atoms with Crippen LogP contribution >= 0.6 is 0 Å². The Labute approximate surface area is 114 Å². The molecule has 0 bridgehead atoms. The Morgan fingerprint density at radius 3 is 2.45 bits per heavy atom. The fourth-order valence-corrected chi connectivity index (χ4v) is 2.22. The number of aliphatic carboxylic acids is 1. The molecule has 20 heavy (non-hydrogen) atoms. The van der Waals surface area contributed by atoms with Gasteiger partial charge in [0.05, 0.1) is 4.92 Å². The first kappa shape index (κ1) is 14.0. The number of carbonyl (C=O) groups is 2. The van der Waals surface area contributed by atoms with Crippen molar-refractivity contribution in [2.45, 2.75) is 31.7 Å². The molecule has 1 fully saturated rings. The van der Waals surface area contributed by atoms with E-state index in [1.54, 1.807) is 6.92 Å². The van der Waals surface area contributed by atoms with E-state index in [1.807, 2.05) is 0 Å². The Morgan fingerprint density at radius 2 is 2.05 bits per heavy atom. The summed E-state index contributed by atoms with van der Waals surface area (Å²) in [6.45, 7) is 1.58. The molecule has 0 spiro atoms. The maximum Gasteiger partial charge on any atom is 0.329 e. The first-order valence-electron chi connectivity index (χ1n) is 6.17. The number of rotatable bonds is 4. The summed E-state index contributed by atoms with van der Waals surface area (Å²) >= 11 is 0. The van der Waals surface area contributed by atoms with Gasteiger partial charge in [0.15, 0.2) is 0 Å². The summed E-state index contributed by atoms with van der Waals surface area (Å²) < 4.78 is 0. The third kappa shape index (κ3) is 2.34. The fraction of sp³-hybridized carbons (Fsp3) is 0.385. The summed E-state index contributed by atoms with van der Waals surface area (Å²) in [6.07, 6.45) is 1.56. The van der Waals surface area contributed by atoms with Gasteiger partial charge in [0.1, 0.15) is 5.54 Å². The van der Waals surface area contributed by atoms with Gasteiger partial charge >= 0.3 is 5.97 Å². The first-order chi connectivity index (χ1) is 9.35. The molecule has 1 aliphatic carbocycles. The molecule has 0 radical (unpaired) electrons. The van der Waals surface area contributed by atoms with Gasteiger partial charge in [-0.15, -0.1) is 0 Å². The zero-order valence-corrected chi connectivity index (χ0v) is 10.9. The molecule has 0 aliphatic heterocycles. The van der Waals surface area contributed by atoms with E-state index in [2.05, 4.69) is 5.32 Å². The molecule has 1 saturated carbocycles. The lowest BCUT2D eigenvalue weighted by molar-refractivity contribution is -0.384. The zero-order valence-electron chi connectivity index (χ0n) is 10.9. The Kier molecular flexibility index (Phi) is 3.44. The monoisotopic (exact) mass is 278 g/mol. The summed E-state index contributed by atoms with van der Waals surface area (Å²) in [6, 6.07) is 3.87. The Bertz CT molecular complexity index is 592. The zero-order chi connectivity index (χ0) is 14.9. The highest BCUT2D eigenvalue weighted by molar-refractivity contribution is 5.99. The van der Waals surface area contributed by atoms with Crippen molar-refractivity contribution in [3.05, 3.63) is 39.4 Å². The molecule has 1 aromatic carbocycles. The number of benzene rings is 1. The van der Waals surface area contributed by atoms with Crippen molar-refractivity contribution < 1.29 is 19.6 Å². The number of carboxylic acids is 1. The van der Waals surface area contributed by atoms with Crippen molar-refractivity contribution in [3.63, 3.8) is 0 Å². The number of aryl methyl sites for hydroxylation is 1. The highest BCUT2D eigenvalue weighted by atomic mass is 16.6. The number of non-ortho nitro benzene ring substituents is 1. The first-order valence-corrected chi connectivity index (χ1v) is 6.17. The van der Waals surface area contributed by atoms with E-state index >= 15 is 0 Å². The molecule has 7 nitrogen and oxygen atoms in total. The van der Waals surface area contributed by atoms with Gasteiger partial charge in [-0.2, -0.15) is 0 Å². The smallest absolute Gasteiger partial charge is 0.329 e. The highest BCUT2D eigenvalue weighted by Crippen LogP contribution is 2.32. The van der Waals surface area contributed by atoms with Crippen LogP contribution in [-0.2, 0) is 4.79 Å². The number of nitrogens with zero attached hydrogens (tertiary/aromatic N) is 1. The van der Waals surface area contributed by atoms with E-state index in [1.165, 1.54) is 18.2 Å². The van der Waals surface area contributed by atoms with Crippen LogP contribution in [0, 0.1) is 17.0 Å². The van der Waals surface area contributed by atoms with E-state index in [4.69, 9.17) is 5.11 Å². The van der Waals surface area contributed by atoms with E-state index < -0.39 is 22.3 Å². The van der Waals surface area contributed by atoms with Crippen molar-refractivity contribution >= 4 is 17.6 Å². The summed E-state index contributed by atoms with van der Waals surface area (Å²) in [7, 11) is 0. The van der Waals surface area contributed by atoms with Crippen LogP contribution in [0.15, 0.2) is 18.2 Å². The van der Waals surface area contributed by atoms with Gasteiger partial charge in [-0.25, -0.2) is 4.79 Å². The summed E-state index contributed by atoms with van der Waals surface area (Å²) in [5.74, 6) is -1.56. The molecule has 0 atom stereocenters. The summed E-state index contributed by atoms with van der Waals surface area (Å²) in [5.41, 5.74) is -0.596. The topological polar surface area (TPSA) is 110 Å². The summed E-state index contributed by atoms with van der Waals surface area (Å²) in [4.78, 5) is 33.4. The molecule has 2 N–H and O–H groups in total.